The molecule has 5 nitrogen and oxygen atoms in total. The molecular formula is C16H12ClN3O2. The zero-order valence-electron chi connectivity index (χ0n) is 11.7. The standard InChI is InChI=1S/C16H12ClN3O2/c1-10-5-2-3-8-13(10)15-14(16(21)22)18-19-20(15)12-7-4-6-11(17)9-12/h2-9H,1H3,(H,21,22). The lowest BCUT2D eigenvalue weighted by molar-refractivity contribution is 0.0691. The quantitative estimate of drug-likeness (QED) is 0.802. The van der Waals surface area contributed by atoms with Crippen molar-refractivity contribution in [3.8, 4) is 16.9 Å². The van der Waals surface area contributed by atoms with Gasteiger partial charge in [0, 0.05) is 10.6 Å². The molecule has 0 radical (unpaired) electrons. The van der Waals surface area contributed by atoms with Crippen LogP contribution in [0.5, 0.6) is 0 Å². The van der Waals surface area contributed by atoms with Gasteiger partial charge in [-0.05, 0) is 30.7 Å². The van der Waals surface area contributed by atoms with Gasteiger partial charge in [0.2, 0.25) is 0 Å². The number of hydrogen-bond donors (Lipinski definition) is 1. The van der Waals surface area contributed by atoms with Crippen LogP contribution in [0.4, 0.5) is 0 Å². The molecule has 0 aliphatic rings. The molecular weight excluding hydrogens is 302 g/mol. The van der Waals surface area contributed by atoms with Crippen LogP contribution in [0.1, 0.15) is 16.1 Å². The van der Waals surface area contributed by atoms with Crippen molar-refractivity contribution < 1.29 is 9.90 Å². The first-order chi connectivity index (χ1) is 10.6. The van der Waals surface area contributed by atoms with Crippen molar-refractivity contribution in [1.82, 2.24) is 15.0 Å². The highest BCUT2D eigenvalue weighted by Gasteiger charge is 2.22. The second-order valence-corrected chi connectivity index (χ2v) is 5.23. The Morgan fingerprint density at radius 3 is 2.64 bits per heavy atom. The lowest BCUT2D eigenvalue weighted by Gasteiger charge is -2.10. The summed E-state index contributed by atoms with van der Waals surface area (Å²) in [7, 11) is 0. The molecule has 110 valence electrons. The topological polar surface area (TPSA) is 68.0 Å². The number of aryl methyl sites for hydroxylation is 1. The number of aromatic carboxylic acids is 1. The summed E-state index contributed by atoms with van der Waals surface area (Å²) in [5, 5.41) is 17.7. The zero-order valence-corrected chi connectivity index (χ0v) is 12.4. The zero-order chi connectivity index (χ0) is 15.7. The van der Waals surface area contributed by atoms with Gasteiger partial charge in [0.15, 0.2) is 5.69 Å². The summed E-state index contributed by atoms with van der Waals surface area (Å²) in [6.45, 7) is 1.91. The average Bonchev–Trinajstić information content (AvgIpc) is 2.92. The minimum Gasteiger partial charge on any atom is -0.476 e. The first-order valence-corrected chi connectivity index (χ1v) is 6.96. The second kappa shape index (κ2) is 5.61. The van der Waals surface area contributed by atoms with Crippen molar-refractivity contribution in [2.75, 3.05) is 0 Å². The number of carboxylic acid groups (broad SMARTS) is 1. The molecule has 3 rings (SSSR count). The molecule has 0 saturated carbocycles. The maximum absolute atomic E-state index is 11.5. The molecule has 0 fully saturated rings. The summed E-state index contributed by atoms with van der Waals surface area (Å²) in [6.07, 6.45) is 0. The maximum Gasteiger partial charge on any atom is 0.358 e. The van der Waals surface area contributed by atoms with Crippen LogP contribution in [0.25, 0.3) is 16.9 Å². The number of benzene rings is 2. The van der Waals surface area contributed by atoms with Crippen LogP contribution in [-0.2, 0) is 0 Å². The lowest BCUT2D eigenvalue weighted by atomic mass is 10.0. The Morgan fingerprint density at radius 2 is 1.95 bits per heavy atom. The minimum atomic E-state index is -1.12. The van der Waals surface area contributed by atoms with E-state index in [4.69, 9.17) is 11.6 Å². The Bertz CT molecular complexity index is 858. The fraction of sp³-hybridized carbons (Fsp3) is 0.0625. The Labute approximate surface area is 131 Å². The van der Waals surface area contributed by atoms with Gasteiger partial charge < -0.3 is 5.11 Å². The van der Waals surface area contributed by atoms with Crippen LogP contribution in [0.3, 0.4) is 0 Å². The molecule has 1 heterocycles. The van der Waals surface area contributed by atoms with Crippen LogP contribution < -0.4 is 0 Å². The third-order valence-electron chi connectivity index (χ3n) is 3.33. The molecule has 0 spiro atoms. The van der Waals surface area contributed by atoms with Crippen molar-refractivity contribution in [3.63, 3.8) is 0 Å². The highest BCUT2D eigenvalue weighted by molar-refractivity contribution is 6.30. The Morgan fingerprint density at radius 1 is 1.18 bits per heavy atom. The largest absolute Gasteiger partial charge is 0.476 e. The van der Waals surface area contributed by atoms with Crippen molar-refractivity contribution in [2.24, 2.45) is 0 Å². The summed E-state index contributed by atoms with van der Waals surface area (Å²) < 4.78 is 1.50. The van der Waals surface area contributed by atoms with Gasteiger partial charge in [0.05, 0.1) is 5.69 Å². The first kappa shape index (κ1) is 14.3. The molecule has 2 aromatic carbocycles. The highest BCUT2D eigenvalue weighted by atomic mass is 35.5. The maximum atomic E-state index is 11.5. The van der Waals surface area contributed by atoms with E-state index in [-0.39, 0.29) is 5.69 Å². The van der Waals surface area contributed by atoms with E-state index in [1.54, 1.807) is 24.3 Å². The molecule has 1 aromatic heterocycles. The molecule has 0 unspecified atom stereocenters. The number of carboxylic acids is 1. The van der Waals surface area contributed by atoms with Gasteiger partial charge >= 0.3 is 5.97 Å². The molecule has 3 aromatic rings. The summed E-state index contributed by atoms with van der Waals surface area (Å²) in [4.78, 5) is 11.5. The molecule has 6 heteroatoms. The highest BCUT2D eigenvalue weighted by Crippen LogP contribution is 2.28. The van der Waals surface area contributed by atoms with E-state index in [2.05, 4.69) is 10.3 Å². The van der Waals surface area contributed by atoms with Crippen molar-refractivity contribution in [2.45, 2.75) is 6.92 Å². The smallest absolute Gasteiger partial charge is 0.358 e. The number of carbonyl (C=O) groups is 1. The Hall–Kier alpha value is -2.66. The van der Waals surface area contributed by atoms with Crippen LogP contribution >= 0.6 is 11.6 Å². The van der Waals surface area contributed by atoms with Gasteiger partial charge in [0.25, 0.3) is 0 Å². The number of rotatable bonds is 3. The average molecular weight is 314 g/mol. The van der Waals surface area contributed by atoms with Crippen molar-refractivity contribution in [1.29, 1.82) is 0 Å². The molecule has 1 N–H and O–H groups in total. The monoisotopic (exact) mass is 313 g/mol. The Kier molecular flexibility index (Phi) is 3.65. The van der Waals surface area contributed by atoms with Crippen LogP contribution in [0.2, 0.25) is 5.02 Å². The molecule has 0 atom stereocenters. The van der Waals surface area contributed by atoms with Gasteiger partial charge in [-0.2, -0.15) is 0 Å². The summed E-state index contributed by atoms with van der Waals surface area (Å²) >= 11 is 6.02. The van der Waals surface area contributed by atoms with Crippen LogP contribution in [0.15, 0.2) is 48.5 Å². The molecule has 0 amide bonds. The van der Waals surface area contributed by atoms with Crippen molar-refractivity contribution in [3.05, 3.63) is 64.8 Å². The van der Waals surface area contributed by atoms with E-state index in [0.29, 0.717) is 16.4 Å². The molecule has 0 saturated heterocycles. The SMILES string of the molecule is Cc1ccccc1-c1c(C(=O)O)nnn1-c1cccc(Cl)c1. The fourth-order valence-electron chi connectivity index (χ4n) is 2.29. The Balaban J connectivity index is 2.29. The first-order valence-electron chi connectivity index (χ1n) is 6.59. The number of hydrogen-bond acceptors (Lipinski definition) is 3. The third kappa shape index (κ3) is 2.46. The third-order valence-corrected chi connectivity index (χ3v) is 3.56. The van der Waals surface area contributed by atoms with E-state index >= 15 is 0 Å². The number of nitrogens with zero attached hydrogens (tertiary/aromatic N) is 3. The van der Waals surface area contributed by atoms with Crippen LogP contribution in [0, 0.1) is 6.92 Å². The van der Waals surface area contributed by atoms with E-state index in [0.717, 1.165) is 11.1 Å². The van der Waals surface area contributed by atoms with E-state index in [9.17, 15) is 9.90 Å². The van der Waals surface area contributed by atoms with E-state index < -0.39 is 5.97 Å². The molecule has 22 heavy (non-hydrogen) atoms. The summed E-state index contributed by atoms with van der Waals surface area (Å²) in [5.74, 6) is -1.12. The normalized spacial score (nSPS) is 10.6. The summed E-state index contributed by atoms with van der Waals surface area (Å²) in [5.41, 5.74) is 2.72. The lowest BCUT2D eigenvalue weighted by Crippen LogP contribution is -2.04. The molecule has 0 aliphatic heterocycles. The van der Waals surface area contributed by atoms with Gasteiger partial charge in [-0.25, -0.2) is 9.48 Å². The predicted octanol–water partition coefficient (Wildman–Crippen LogP) is 3.59. The van der Waals surface area contributed by atoms with Crippen LogP contribution in [-0.4, -0.2) is 26.1 Å². The van der Waals surface area contributed by atoms with Gasteiger partial charge in [-0.1, -0.05) is 47.1 Å². The van der Waals surface area contributed by atoms with E-state index in [1.807, 2.05) is 31.2 Å². The van der Waals surface area contributed by atoms with Gasteiger partial charge in [-0.3, -0.25) is 0 Å². The number of halogens is 1. The second-order valence-electron chi connectivity index (χ2n) is 4.80. The molecule has 0 aliphatic carbocycles. The molecule has 0 bridgehead atoms. The fourth-order valence-corrected chi connectivity index (χ4v) is 2.48. The van der Waals surface area contributed by atoms with Gasteiger partial charge in [-0.15, -0.1) is 5.10 Å². The minimum absolute atomic E-state index is 0.0886. The number of aromatic nitrogens is 3. The van der Waals surface area contributed by atoms with Gasteiger partial charge in [0.1, 0.15) is 5.69 Å². The predicted molar refractivity (Wildman–Crippen MR) is 83.5 cm³/mol. The van der Waals surface area contributed by atoms with Crippen molar-refractivity contribution >= 4 is 17.6 Å². The van der Waals surface area contributed by atoms with E-state index in [1.165, 1.54) is 4.68 Å². The summed E-state index contributed by atoms with van der Waals surface area (Å²) in [6, 6.07) is 14.5.